The molecule has 8 heteroatoms. The number of benzene rings is 1. The standard InChI is InChI=1S/C17H18N2O4S2/c1-24-13-4-2-12(3-5-13)10-14-16(21)19(17(22)25-14)11-15(20)18-6-8-23-9-7-18/h2-5,10H,6-9,11H2,1H3/b14-10-. The molecule has 1 aromatic rings. The third-order valence-corrected chi connectivity index (χ3v) is 5.60. The van der Waals surface area contributed by atoms with Gasteiger partial charge in [0.2, 0.25) is 5.91 Å². The third kappa shape index (κ3) is 4.26. The number of morpholine rings is 1. The molecule has 6 nitrogen and oxygen atoms in total. The topological polar surface area (TPSA) is 66.9 Å². The number of amides is 3. The fraction of sp³-hybridized carbons (Fsp3) is 0.353. The molecule has 25 heavy (non-hydrogen) atoms. The summed E-state index contributed by atoms with van der Waals surface area (Å²) in [4.78, 5) is 41.0. The molecule has 3 amide bonds. The summed E-state index contributed by atoms with van der Waals surface area (Å²) in [5.74, 6) is -0.637. The maximum atomic E-state index is 12.5. The fourth-order valence-corrected chi connectivity index (χ4v) is 3.78. The second-order valence-corrected chi connectivity index (χ2v) is 7.41. The van der Waals surface area contributed by atoms with Gasteiger partial charge in [-0.25, -0.2) is 0 Å². The molecule has 0 N–H and O–H groups in total. The van der Waals surface area contributed by atoms with E-state index in [2.05, 4.69) is 0 Å². The number of hydrogen-bond acceptors (Lipinski definition) is 6. The Morgan fingerprint density at radius 2 is 1.92 bits per heavy atom. The predicted molar refractivity (Wildman–Crippen MR) is 98.3 cm³/mol. The number of rotatable bonds is 4. The van der Waals surface area contributed by atoms with Gasteiger partial charge in [0, 0.05) is 18.0 Å². The molecular formula is C17H18N2O4S2. The number of thioether (sulfide) groups is 2. The van der Waals surface area contributed by atoms with E-state index < -0.39 is 11.1 Å². The summed E-state index contributed by atoms with van der Waals surface area (Å²) >= 11 is 2.51. The number of carbonyl (C=O) groups excluding carboxylic acids is 3. The molecular weight excluding hydrogens is 360 g/mol. The number of hydrogen-bond donors (Lipinski definition) is 0. The first-order valence-electron chi connectivity index (χ1n) is 7.83. The normalized spacial score (nSPS) is 19.8. The lowest BCUT2D eigenvalue weighted by atomic mass is 10.2. The highest BCUT2D eigenvalue weighted by Gasteiger charge is 2.37. The molecule has 0 bridgehead atoms. The van der Waals surface area contributed by atoms with E-state index in [4.69, 9.17) is 4.74 Å². The summed E-state index contributed by atoms with van der Waals surface area (Å²) in [5.41, 5.74) is 0.850. The lowest BCUT2D eigenvalue weighted by Gasteiger charge is -2.28. The van der Waals surface area contributed by atoms with Crippen molar-refractivity contribution in [3.63, 3.8) is 0 Å². The van der Waals surface area contributed by atoms with Gasteiger partial charge < -0.3 is 9.64 Å². The van der Waals surface area contributed by atoms with Crippen LogP contribution in [0.25, 0.3) is 6.08 Å². The van der Waals surface area contributed by atoms with Gasteiger partial charge in [0.1, 0.15) is 6.54 Å². The Hall–Kier alpha value is -1.77. The van der Waals surface area contributed by atoms with E-state index in [1.165, 1.54) is 0 Å². The molecule has 0 saturated carbocycles. The van der Waals surface area contributed by atoms with Crippen LogP contribution in [0.5, 0.6) is 0 Å². The van der Waals surface area contributed by atoms with Crippen LogP contribution in [0.1, 0.15) is 5.56 Å². The zero-order chi connectivity index (χ0) is 17.8. The number of ether oxygens (including phenoxy) is 1. The second kappa shape index (κ2) is 8.07. The summed E-state index contributed by atoms with van der Waals surface area (Å²) < 4.78 is 5.21. The SMILES string of the molecule is CSc1ccc(/C=C2\SC(=O)N(CC(=O)N3CCOCC3)C2=O)cc1. The lowest BCUT2D eigenvalue weighted by Crippen LogP contribution is -2.46. The van der Waals surface area contributed by atoms with E-state index >= 15 is 0 Å². The molecule has 2 fully saturated rings. The van der Waals surface area contributed by atoms with E-state index in [0.717, 1.165) is 27.1 Å². The molecule has 1 aromatic carbocycles. The maximum absolute atomic E-state index is 12.5. The average Bonchev–Trinajstić information content (AvgIpc) is 2.90. The number of imide groups is 1. The lowest BCUT2D eigenvalue weighted by molar-refractivity contribution is -0.139. The summed E-state index contributed by atoms with van der Waals surface area (Å²) in [6.45, 7) is 1.74. The Morgan fingerprint density at radius 1 is 1.24 bits per heavy atom. The Labute approximate surface area is 154 Å². The summed E-state index contributed by atoms with van der Waals surface area (Å²) in [6, 6.07) is 7.72. The first-order chi connectivity index (χ1) is 12.1. The van der Waals surface area contributed by atoms with E-state index in [9.17, 15) is 14.4 Å². The van der Waals surface area contributed by atoms with Crippen molar-refractivity contribution in [2.75, 3.05) is 39.1 Å². The van der Waals surface area contributed by atoms with Crippen LogP contribution in [0.15, 0.2) is 34.1 Å². The van der Waals surface area contributed by atoms with Crippen molar-refractivity contribution in [1.29, 1.82) is 0 Å². The third-order valence-electron chi connectivity index (χ3n) is 3.94. The van der Waals surface area contributed by atoms with Crippen molar-refractivity contribution < 1.29 is 19.1 Å². The van der Waals surface area contributed by atoms with Crippen LogP contribution in [0.4, 0.5) is 4.79 Å². The van der Waals surface area contributed by atoms with Gasteiger partial charge >= 0.3 is 0 Å². The summed E-state index contributed by atoms with van der Waals surface area (Å²) in [6.07, 6.45) is 3.68. The Kier molecular flexibility index (Phi) is 5.82. The average molecular weight is 378 g/mol. The highest BCUT2D eigenvalue weighted by molar-refractivity contribution is 8.18. The van der Waals surface area contributed by atoms with Crippen LogP contribution in [0, 0.1) is 0 Å². The van der Waals surface area contributed by atoms with Gasteiger partial charge in [-0.15, -0.1) is 11.8 Å². The van der Waals surface area contributed by atoms with Crippen LogP contribution < -0.4 is 0 Å². The van der Waals surface area contributed by atoms with Gasteiger partial charge in [0.05, 0.1) is 18.1 Å². The van der Waals surface area contributed by atoms with Crippen LogP contribution >= 0.6 is 23.5 Å². The molecule has 0 atom stereocenters. The highest BCUT2D eigenvalue weighted by Crippen LogP contribution is 2.32. The van der Waals surface area contributed by atoms with Gasteiger partial charge in [-0.2, -0.15) is 0 Å². The molecule has 2 aliphatic heterocycles. The van der Waals surface area contributed by atoms with Crippen LogP contribution in [-0.4, -0.2) is 66.0 Å². The summed E-state index contributed by atoms with van der Waals surface area (Å²) in [5, 5.41) is -0.404. The predicted octanol–water partition coefficient (Wildman–Crippen LogP) is 2.30. The molecule has 0 unspecified atom stereocenters. The van der Waals surface area contributed by atoms with Crippen molar-refractivity contribution >= 4 is 46.7 Å². The van der Waals surface area contributed by atoms with Gasteiger partial charge in [0.15, 0.2) is 0 Å². The van der Waals surface area contributed by atoms with Gasteiger partial charge in [-0.1, -0.05) is 12.1 Å². The van der Waals surface area contributed by atoms with Gasteiger partial charge in [-0.05, 0) is 41.8 Å². The van der Waals surface area contributed by atoms with Gasteiger partial charge in [-0.3, -0.25) is 19.3 Å². The second-order valence-electron chi connectivity index (χ2n) is 5.53. The fourth-order valence-electron chi connectivity index (χ4n) is 2.54. The van der Waals surface area contributed by atoms with Crippen LogP contribution in [-0.2, 0) is 14.3 Å². The summed E-state index contributed by atoms with van der Waals surface area (Å²) in [7, 11) is 0. The Balaban J connectivity index is 1.68. The largest absolute Gasteiger partial charge is 0.378 e. The molecule has 3 rings (SSSR count). The molecule has 132 valence electrons. The van der Waals surface area contributed by atoms with E-state index in [1.54, 1.807) is 22.7 Å². The highest BCUT2D eigenvalue weighted by atomic mass is 32.2. The molecule has 0 radical (unpaired) electrons. The molecule has 0 spiro atoms. The zero-order valence-electron chi connectivity index (χ0n) is 13.8. The number of nitrogens with zero attached hydrogens (tertiary/aromatic N) is 2. The van der Waals surface area contributed by atoms with Gasteiger partial charge in [0.25, 0.3) is 11.1 Å². The zero-order valence-corrected chi connectivity index (χ0v) is 15.4. The van der Waals surface area contributed by atoms with Crippen molar-refractivity contribution in [2.24, 2.45) is 0 Å². The molecule has 2 heterocycles. The van der Waals surface area contributed by atoms with Crippen LogP contribution in [0.3, 0.4) is 0 Å². The Bertz CT molecular complexity index is 712. The minimum atomic E-state index is -0.412. The van der Waals surface area contributed by atoms with Crippen molar-refractivity contribution in [1.82, 2.24) is 9.80 Å². The van der Waals surface area contributed by atoms with Crippen LogP contribution in [0.2, 0.25) is 0 Å². The quantitative estimate of drug-likeness (QED) is 0.592. The van der Waals surface area contributed by atoms with Crippen molar-refractivity contribution in [2.45, 2.75) is 4.90 Å². The minimum absolute atomic E-state index is 0.215. The molecule has 2 saturated heterocycles. The minimum Gasteiger partial charge on any atom is -0.378 e. The first-order valence-corrected chi connectivity index (χ1v) is 9.87. The maximum Gasteiger partial charge on any atom is 0.294 e. The van der Waals surface area contributed by atoms with E-state index in [-0.39, 0.29) is 12.5 Å². The first kappa shape index (κ1) is 18.0. The van der Waals surface area contributed by atoms with Crippen molar-refractivity contribution in [3.05, 3.63) is 34.7 Å². The van der Waals surface area contributed by atoms with E-state index in [1.807, 2.05) is 30.5 Å². The smallest absolute Gasteiger partial charge is 0.294 e. The molecule has 0 aliphatic carbocycles. The van der Waals surface area contributed by atoms with Crippen molar-refractivity contribution in [3.8, 4) is 0 Å². The Morgan fingerprint density at radius 3 is 2.56 bits per heavy atom. The monoisotopic (exact) mass is 378 g/mol. The molecule has 0 aromatic heterocycles. The van der Waals surface area contributed by atoms with E-state index in [0.29, 0.717) is 31.2 Å². The number of carbonyl (C=O) groups is 3. The molecule has 2 aliphatic rings.